The molecule has 1 aliphatic rings. The number of likely N-dealkylation sites (tertiary alicyclic amines) is 1. The molecule has 0 atom stereocenters. The molecule has 1 aliphatic heterocycles. The van der Waals surface area contributed by atoms with Crippen LogP contribution in [0.15, 0.2) is 23.2 Å². The van der Waals surface area contributed by atoms with E-state index in [1.807, 2.05) is 27.7 Å². The summed E-state index contributed by atoms with van der Waals surface area (Å²) in [7, 11) is 0. The molecule has 27 heavy (non-hydrogen) atoms. The molecule has 1 amide bonds. The topological polar surface area (TPSA) is 86.2 Å². The number of guanidine groups is 1. The SMILES string of the molecule is CCNC(=NCc1ccc(O)c(F)c1)NC1CN(C(=O)OC(C)(C)C)C1.I. The summed E-state index contributed by atoms with van der Waals surface area (Å²) in [6.45, 7) is 9.48. The van der Waals surface area contributed by atoms with Crippen LogP contribution in [0.3, 0.4) is 0 Å². The van der Waals surface area contributed by atoms with E-state index in [2.05, 4.69) is 15.6 Å². The number of carbonyl (C=O) groups is 1. The number of amides is 1. The van der Waals surface area contributed by atoms with Crippen LogP contribution in [0, 0.1) is 5.82 Å². The number of carbonyl (C=O) groups excluding carboxylic acids is 1. The molecular formula is C18H28FIN4O3. The van der Waals surface area contributed by atoms with Gasteiger partial charge in [0.2, 0.25) is 0 Å². The van der Waals surface area contributed by atoms with Crippen LogP contribution in [0.4, 0.5) is 9.18 Å². The molecule has 7 nitrogen and oxygen atoms in total. The van der Waals surface area contributed by atoms with E-state index >= 15 is 0 Å². The maximum atomic E-state index is 13.4. The molecule has 1 saturated heterocycles. The molecule has 1 aromatic rings. The van der Waals surface area contributed by atoms with Crippen LogP contribution >= 0.6 is 24.0 Å². The molecule has 0 aliphatic carbocycles. The highest BCUT2D eigenvalue weighted by Crippen LogP contribution is 2.17. The second kappa shape index (κ2) is 9.95. The number of hydrogen-bond donors (Lipinski definition) is 3. The number of ether oxygens (including phenoxy) is 1. The number of aliphatic imine (C=N–C) groups is 1. The Hall–Kier alpha value is -1.78. The number of rotatable bonds is 4. The van der Waals surface area contributed by atoms with E-state index in [0.717, 1.165) is 0 Å². The van der Waals surface area contributed by atoms with Crippen molar-refractivity contribution < 1.29 is 19.0 Å². The summed E-state index contributed by atoms with van der Waals surface area (Å²) in [5.41, 5.74) is 0.146. The summed E-state index contributed by atoms with van der Waals surface area (Å²) in [4.78, 5) is 18.0. The maximum Gasteiger partial charge on any atom is 0.410 e. The summed E-state index contributed by atoms with van der Waals surface area (Å²) >= 11 is 0. The largest absolute Gasteiger partial charge is 0.505 e. The average Bonchev–Trinajstić information content (AvgIpc) is 2.49. The van der Waals surface area contributed by atoms with Crippen molar-refractivity contribution in [2.45, 2.75) is 45.9 Å². The zero-order chi connectivity index (χ0) is 19.3. The minimum absolute atomic E-state index is 0. The number of benzene rings is 1. The Morgan fingerprint density at radius 2 is 2.07 bits per heavy atom. The predicted molar refractivity (Wildman–Crippen MR) is 113 cm³/mol. The third-order valence-corrected chi connectivity index (χ3v) is 3.65. The molecule has 0 saturated carbocycles. The Labute approximate surface area is 176 Å². The summed E-state index contributed by atoms with van der Waals surface area (Å²) in [5, 5.41) is 15.6. The molecule has 0 spiro atoms. The van der Waals surface area contributed by atoms with Crippen LogP contribution < -0.4 is 10.6 Å². The van der Waals surface area contributed by atoms with Gasteiger partial charge in [-0.25, -0.2) is 14.2 Å². The fourth-order valence-corrected chi connectivity index (χ4v) is 2.38. The van der Waals surface area contributed by atoms with E-state index in [9.17, 15) is 14.3 Å². The van der Waals surface area contributed by atoms with Crippen molar-refractivity contribution in [1.29, 1.82) is 0 Å². The lowest BCUT2D eigenvalue weighted by molar-refractivity contribution is 0.00700. The van der Waals surface area contributed by atoms with Gasteiger partial charge in [0.25, 0.3) is 0 Å². The van der Waals surface area contributed by atoms with E-state index in [-0.39, 0.29) is 48.4 Å². The molecule has 9 heteroatoms. The second-order valence-electron chi connectivity index (χ2n) is 7.21. The Morgan fingerprint density at radius 1 is 1.41 bits per heavy atom. The first-order chi connectivity index (χ1) is 12.2. The molecule has 152 valence electrons. The van der Waals surface area contributed by atoms with Crippen molar-refractivity contribution in [2.75, 3.05) is 19.6 Å². The highest BCUT2D eigenvalue weighted by Gasteiger charge is 2.34. The van der Waals surface area contributed by atoms with Gasteiger partial charge in [-0.05, 0) is 45.4 Å². The van der Waals surface area contributed by atoms with Crippen molar-refractivity contribution in [2.24, 2.45) is 4.99 Å². The van der Waals surface area contributed by atoms with Gasteiger partial charge >= 0.3 is 6.09 Å². The Bertz CT molecular complexity index is 673. The Balaban J connectivity index is 0.00000364. The zero-order valence-electron chi connectivity index (χ0n) is 16.1. The molecule has 1 heterocycles. The number of nitrogens with zero attached hydrogens (tertiary/aromatic N) is 2. The van der Waals surface area contributed by atoms with Crippen LogP contribution in [0.25, 0.3) is 0 Å². The number of aromatic hydroxyl groups is 1. The molecule has 0 radical (unpaired) electrons. The third-order valence-electron chi connectivity index (χ3n) is 3.65. The lowest BCUT2D eigenvalue weighted by Gasteiger charge is -2.40. The molecule has 1 fully saturated rings. The van der Waals surface area contributed by atoms with Crippen LogP contribution in [0.5, 0.6) is 5.75 Å². The summed E-state index contributed by atoms with van der Waals surface area (Å²) < 4.78 is 18.7. The maximum absolute atomic E-state index is 13.4. The van der Waals surface area contributed by atoms with E-state index < -0.39 is 11.4 Å². The number of halogens is 2. The molecule has 2 rings (SSSR count). The lowest BCUT2D eigenvalue weighted by Crippen LogP contribution is -2.63. The minimum atomic E-state index is -0.664. The van der Waals surface area contributed by atoms with Crippen molar-refractivity contribution in [3.05, 3.63) is 29.6 Å². The van der Waals surface area contributed by atoms with Crippen LogP contribution in [-0.4, -0.2) is 53.3 Å². The highest BCUT2D eigenvalue weighted by atomic mass is 127. The molecule has 0 unspecified atom stereocenters. The average molecular weight is 494 g/mol. The van der Waals surface area contributed by atoms with E-state index in [4.69, 9.17) is 4.74 Å². The number of phenols is 1. The predicted octanol–water partition coefficient (Wildman–Crippen LogP) is 2.82. The number of nitrogens with one attached hydrogen (secondary N) is 2. The Morgan fingerprint density at radius 3 is 2.63 bits per heavy atom. The quantitative estimate of drug-likeness (QED) is 0.341. The Kier molecular flexibility index (Phi) is 8.58. The first kappa shape index (κ1) is 23.3. The first-order valence-electron chi connectivity index (χ1n) is 8.68. The van der Waals surface area contributed by atoms with Gasteiger partial charge in [-0.15, -0.1) is 24.0 Å². The number of phenolic OH excluding ortho intramolecular Hbond substituents is 1. The van der Waals surface area contributed by atoms with Crippen molar-refractivity contribution in [3.8, 4) is 5.75 Å². The fraction of sp³-hybridized carbons (Fsp3) is 0.556. The number of hydrogen-bond acceptors (Lipinski definition) is 4. The third kappa shape index (κ3) is 7.39. The van der Waals surface area contributed by atoms with Crippen molar-refractivity contribution in [1.82, 2.24) is 15.5 Å². The molecular weight excluding hydrogens is 466 g/mol. The smallest absolute Gasteiger partial charge is 0.410 e. The van der Waals surface area contributed by atoms with E-state index in [0.29, 0.717) is 31.2 Å². The summed E-state index contributed by atoms with van der Waals surface area (Å²) in [6, 6.07) is 4.28. The van der Waals surface area contributed by atoms with Gasteiger partial charge in [-0.1, -0.05) is 6.07 Å². The van der Waals surface area contributed by atoms with Gasteiger partial charge in [0.05, 0.1) is 12.6 Å². The van der Waals surface area contributed by atoms with Gasteiger partial charge in [-0.2, -0.15) is 0 Å². The molecule has 3 N–H and O–H groups in total. The molecule has 1 aromatic carbocycles. The zero-order valence-corrected chi connectivity index (χ0v) is 18.4. The minimum Gasteiger partial charge on any atom is -0.505 e. The normalized spacial score (nSPS) is 14.9. The van der Waals surface area contributed by atoms with Gasteiger partial charge in [0.15, 0.2) is 17.5 Å². The van der Waals surface area contributed by atoms with Gasteiger partial charge in [0, 0.05) is 19.6 Å². The van der Waals surface area contributed by atoms with Gasteiger partial charge in [0.1, 0.15) is 5.60 Å². The summed E-state index contributed by atoms with van der Waals surface area (Å²) in [6.07, 6.45) is -0.322. The molecule has 0 aromatic heterocycles. The van der Waals surface area contributed by atoms with Crippen molar-refractivity contribution >= 4 is 36.0 Å². The summed E-state index contributed by atoms with van der Waals surface area (Å²) in [5.74, 6) is -0.447. The standard InChI is InChI=1S/C18H27FN4O3.HI/c1-5-20-16(21-9-12-6-7-15(24)14(19)8-12)22-13-10-23(11-13)17(25)26-18(2,3)4;/h6-8,13,24H,5,9-11H2,1-4H3,(H2,20,21,22);1H. The van der Waals surface area contributed by atoms with Gasteiger partial charge in [-0.3, -0.25) is 0 Å². The molecule has 0 bridgehead atoms. The van der Waals surface area contributed by atoms with Crippen LogP contribution in [0.1, 0.15) is 33.3 Å². The fourth-order valence-electron chi connectivity index (χ4n) is 2.38. The first-order valence-corrected chi connectivity index (χ1v) is 8.68. The second-order valence-corrected chi connectivity index (χ2v) is 7.21. The van der Waals surface area contributed by atoms with Crippen LogP contribution in [0.2, 0.25) is 0 Å². The van der Waals surface area contributed by atoms with E-state index in [1.54, 1.807) is 11.0 Å². The van der Waals surface area contributed by atoms with Gasteiger partial charge < -0.3 is 25.4 Å². The highest BCUT2D eigenvalue weighted by molar-refractivity contribution is 14.0. The lowest BCUT2D eigenvalue weighted by atomic mass is 10.1. The van der Waals surface area contributed by atoms with E-state index in [1.165, 1.54) is 12.1 Å². The van der Waals surface area contributed by atoms with Crippen molar-refractivity contribution in [3.63, 3.8) is 0 Å². The van der Waals surface area contributed by atoms with Crippen LogP contribution in [-0.2, 0) is 11.3 Å². The monoisotopic (exact) mass is 494 g/mol.